The molecule has 0 N–H and O–H groups in total. The summed E-state index contributed by atoms with van der Waals surface area (Å²) in [5, 5.41) is 0. The van der Waals surface area contributed by atoms with Crippen molar-refractivity contribution in [2.75, 3.05) is 0 Å². The number of nitrogens with zero attached hydrogens (tertiary/aromatic N) is 1. The standard InChI is InChI=1S/C17H15NO2/c1-12-15(13-8-4-2-5-9-13)18(16(12)19)17(20)14-10-6-3-7-11-14/h2-12,15H,1H3/t12-,15+/m0/s1. The molecule has 1 aliphatic rings. The Morgan fingerprint density at radius 2 is 1.50 bits per heavy atom. The van der Waals surface area contributed by atoms with E-state index in [1.54, 1.807) is 24.3 Å². The molecule has 0 radical (unpaired) electrons. The SMILES string of the molecule is C[C@@H]1C(=O)N(C(=O)c2ccccc2)[C@H]1c1ccccc1. The first-order valence-electron chi connectivity index (χ1n) is 6.67. The molecule has 3 rings (SSSR count). The molecule has 3 nitrogen and oxygen atoms in total. The summed E-state index contributed by atoms with van der Waals surface area (Å²) in [6, 6.07) is 18.5. The van der Waals surface area contributed by atoms with Crippen LogP contribution in [0.2, 0.25) is 0 Å². The summed E-state index contributed by atoms with van der Waals surface area (Å²) in [5.41, 5.74) is 1.55. The third kappa shape index (κ3) is 1.92. The van der Waals surface area contributed by atoms with Crippen molar-refractivity contribution in [1.29, 1.82) is 0 Å². The fourth-order valence-electron chi connectivity index (χ4n) is 2.67. The highest BCUT2D eigenvalue weighted by Crippen LogP contribution is 2.40. The van der Waals surface area contributed by atoms with E-state index >= 15 is 0 Å². The number of hydrogen-bond acceptors (Lipinski definition) is 2. The maximum absolute atomic E-state index is 12.5. The number of carbonyl (C=O) groups excluding carboxylic acids is 2. The van der Waals surface area contributed by atoms with Gasteiger partial charge in [-0.3, -0.25) is 14.5 Å². The van der Waals surface area contributed by atoms with E-state index in [9.17, 15) is 9.59 Å². The van der Waals surface area contributed by atoms with Crippen LogP contribution >= 0.6 is 0 Å². The molecule has 1 saturated heterocycles. The Morgan fingerprint density at radius 3 is 2.10 bits per heavy atom. The number of rotatable bonds is 2. The molecule has 1 heterocycles. The van der Waals surface area contributed by atoms with Gasteiger partial charge in [-0.1, -0.05) is 55.5 Å². The number of imide groups is 1. The second-order valence-electron chi connectivity index (χ2n) is 5.02. The maximum atomic E-state index is 12.5. The normalized spacial score (nSPS) is 21.4. The maximum Gasteiger partial charge on any atom is 0.261 e. The Bertz CT molecular complexity index is 637. The van der Waals surface area contributed by atoms with Crippen LogP contribution in [0, 0.1) is 5.92 Å². The van der Waals surface area contributed by atoms with Crippen LogP contribution in [0.1, 0.15) is 28.9 Å². The van der Waals surface area contributed by atoms with E-state index in [2.05, 4.69) is 0 Å². The Balaban J connectivity index is 1.92. The number of benzene rings is 2. The Labute approximate surface area is 117 Å². The molecule has 2 amide bonds. The van der Waals surface area contributed by atoms with E-state index in [0.717, 1.165) is 5.56 Å². The van der Waals surface area contributed by atoms with Crippen LogP contribution in [0.3, 0.4) is 0 Å². The first kappa shape index (κ1) is 12.6. The van der Waals surface area contributed by atoms with Crippen molar-refractivity contribution in [2.45, 2.75) is 13.0 Å². The highest BCUT2D eigenvalue weighted by Gasteiger charge is 2.48. The molecule has 0 saturated carbocycles. The van der Waals surface area contributed by atoms with Crippen molar-refractivity contribution in [2.24, 2.45) is 5.92 Å². The van der Waals surface area contributed by atoms with Crippen molar-refractivity contribution in [3.63, 3.8) is 0 Å². The van der Waals surface area contributed by atoms with Gasteiger partial charge in [0.2, 0.25) is 5.91 Å². The Kier molecular flexibility index (Phi) is 3.11. The number of hydrogen-bond donors (Lipinski definition) is 0. The molecular formula is C17H15NO2. The van der Waals surface area contributed by atoms with Crippen LogP contribution in [-0.2, 0) is 4.79 Å². The molecule has 1 fully saturated rings. The van der Waals surface area contributed by atoms with E-state index < -0.39 is 0 Å². The lowest BCUT2D eigenvalue weighted by atomic mass is 9.83. The van der Waals surface area contributed by atoms with E-state index in [1.807, 2.05) is 43.3 Å². The fraction of sp³-hybridized carbons (Fsp3) is 0.176. The lowest BCUT2D eigenvalue weighted by Gasteiger charge is -2.44. The van der Waals surface area contributed by atoms with Gasteiger partial charge in [-0.25, -0.2) is 0 Å². The number of β-lactam (4-membered cyclic amide) rings is 1. The molecule has 2 atom stereocenters. The van der Waals surface area contributed by atoms with Crippen LogP contribution in [-0.4, -0.2) is 16.7 Å². The summed E-state index contributed by atoms with van der Waals surface area (Å²) >= 11 is 0. The number of likely N-dealkylation sites (tertiary alicyclic amines) is 1. The zero-order valence-electron chi connectivity index (χ0n) is 11.2. The van der Waals surface area contributed by atoms with Crippen molar-refractivity contribution in [3.8, 4) is 0 Å². The van der Waals surface area contributed by atoms with Gasteiger partial charge in [0.1, 0.15) is 0 Å². The van der Waals surface area contributed by atoms with Gasteiger partial charge >= 0.3 is 0 Å². The largest absolute Gasteiger partial charge is 0.274 e. The summed E-state index contributed by atoms with van der Waals surface area (Å²) in [6.07, 6.45) is 0. The third-order valence-corrected chi connectivity index (χ3v) is 3.76. The average Bonchev–Trinajstić information content (AvgIpc) is 2.52. The smallest absolute Gasteiger partial charge is 0.261 e. The molecule has 2 aromatic carbocycles. The van der Waals surface area contributed by atoms with Gasteiger partial charge in [-0.15, -0.1) is 0 Å². The van der Waals surface area contributed by atoms with Gasteiger partial charge in [0, 0.05) is 5.56 Å². The molecule has 1 aliphatic heterocycles. The quantitative estimate of drug-likeness (QED) is 0.618. The minimum atomic E-state index is -0.220. The summed E-state index contributed by atoms with van der Waals surface area (Å²) in [7, 11) is 0. The van der Waals surface area contributed by atoms with Crippen LogP contribution in [0.25, 0.3) is 0 Å². The summed E-state index contributed by atoms with van der Waals surface area (Å²) in [4.78, 5) is 25.9. The van der Waals surface area contributed by atoms with Gasteiger partial charge < -0.3 is 0 Å². The van der Waals surface area contributed by atoms with Gasteiger partial charge in [0.15, 0.2) is 0 Å². The molecule has 0 aromatic heterocycles. The van der Waals surface area contributed by atoms with Crippen LogP contribution in [0.4, 0.5) is 0 Å². The van der Waals surface area contributed by atoms with E-state index in [0.29, 0.717) is 5.56 Å². The first-order chi connectivity index (χ1) is 9.70. The molecule has 20 heavy (non-hydrogen) atoms. The second-order valence-corrected chi connectivity index (χ2v) is 5.02. The minimum Gasteiger partial charge on any atom is -0.274 e. The molecule has 0 aliphatic carbocycles. The molecule has 3 heteroatoms. The second kappa shape index (κ2) is 4.93. The van der Waals surface area contributed by atoms with Crippen LogP contribution < -0.4 is 0 Å². The number of carbonyl (C=O) groups is 2. The summed E-state index contributed by atoms with van der Waals surface area (Å²) < 4.78 is 0. The van der Waals surface area contributed by atoms with Gasteiger partial charge in [-0.2, -0.15) is 0 Å². The van der Waals surface area contributed by atoms with Crippen LogP contribution in [0.15, 0.2) is 60.7 Å². The molecular weight excluding hydrogens is 250 g/mol. The highest BCUT2D eigenvalue weighted by molar-refractivity contribution is 6.09. The average molecular weight is 265 g/mol. The molecule has 0 unspecified atom stereocenters. The van der Waals surface area contributed by atoms with Gasteiger partial charge in [0.05, 0.1) is 12.0 Å². The van der Waals surface area contributed by atoms with E-state index in [1.165, 1.54) is 4.90 Å². The first-order valence-corrected chi connectivity index (χ1v) is 6.67. The zero-order valence-corrected chi connectivity index (χ0v) is 11.2. The predicted molar refractivity (Wildman–Crippen MR) is 76.0 cm³/mol. The van der Waals surface area contributed by atoms with Gasteiger partial charge in [0.25, 0.3) is 5.91 Å². The fourth-order valence-corrected chi connectivity index (χ4v) is 2.67. The molecule has 0 bridgehead atoms. The molecule has 0 spiro atoms. The highest BCUT2D eigenvalue weighted by atomic mass is 16.2. The monoisotopic (exact) mass is 265 g/mol. The molecule has 2 aromatic rings. The van der Waals surface area contributed by atoms with Crippen molar-refractivity contribution in [3.05, 3.63) is 71.8 Å². The zero-order chi connectivity index (χ0) is 14.1. The van der Waals surface area contributed by atoms with Crippen molar-refractivity contribution >= 4 is 11.8 Å². The van der Waals surface area contributed by atoms with Crippen LogP contribution in [0.5, 0.6) is 0 Å². The summed E-state index contributed by atoms with van der Waals surface area (Å²) in [6.45, 7) is 1.87. The lowest BCUT2D eigenvalue weighted by Crippen LogP contribution is -2.56. The summed E-state index contributed by atoms with van der Waals surface area (Å²) in [5.74, 6) is -0.472. The van der Waals surface area contributed by atoms with E-state index in [4.69, 9.17) is 0 Å². The predicted octanol–water partition coefficient (Wildman–Crippen LogP) is 3.05. The minimum absolute atomic E-state index is 0.104. The van der Waals surface area contributed by atoms with Crippen molar-refractivity contribution < 1.29 is 9.59 Å². The third-order valence-electron chi connectivity index (χ3n) is 3.76. The Hall–Kier alpha value is -2.42. The number of amides is 2. The van der Waals surface area contributed by atoms with E-state index in [-0.39, 0.29) is 23.8 Å². The topological polar surface area (TPSA) is 37.4 Å². The van der Waals surface area contributed by atoms with Crippen molar-refractivity contribution in [1.82, 2.24) is 4.90 Å². The Morgan fingerprint density at radius 1 is 0.950 bits per heavy atom. The van der Waals surface area contributed by atoms with Gasteiger partial charge in [-0.05, 0) is 17.7 Å². The molecule has 100 valence electrons. The lowest BCUT2D eigenvalue weighted by molar-refractivity contribution is -0.149.